The van der Waals surface area contributed by atoms with E-state index in [-0.39, 0.29) is 23.6 Å². The van der Waals surface area contributed by atoms with E-state index in [1.807, 2.05) is 0 Å². The molecule has 0 aliphatic carbocycles. The Kier molecular flexibility index (Phi) is 2.56. The molecular formula is C11H11FN2O2S2. The lowest BCUT2D eigenvalue weighted by Gasteiger charge is -2.23. The summed E-state index contributed by atoms with van der Waals surface area (Å²) >= 11 is 5.16. The number of nitrogens with one attached hydrogen (secondary N) is 1. The van der Waals surface area contributed by atoms with E-state index in [1.54, 1.807) is 23.1 Å². The molecule has 0 unspecified atom stereocenters. The molecule has 0 aromatic heterocycles. The number of hydrogen-bond donors (Lipinski definition) is 1. The first-order chi connectivity index (χ1) is 8.48. The van der Waals surface area contributed by atoms with Crippen molar-refractivity contribution in [2.24, 2.45) is 0 Å². The molecule has 2 fully saturated rings. The molecule has 0 bridgehead atoms. The number of hydrogen-bond acceptors (Lipinski definition) is 3. The molecular weight excluding hydrogens is 275 g/mol. The van der Waals surface area contributed by atoms with Gasteiger partial charge in [0.15, 0.2) is 14.9 Å². The van der Waals surface area contributed by atoms with Crippen LogP contribution >= 0.6 is 12.2 Å². The van der Waals surface area contributed by atoms with Crippen LogP contribution in [0.1, 0.15) is 0 Å². The molecule has 2 aliphatic heterocycles. The number of halogens is 1. The molecule has 7 heteroatoms. The third-order valence-corrected chi connectivity index (χ3v) is 5.32. The molecule has 2 atom stereocenters. The standard InChI is InChI=1S/C11H11FN2O2S2/c12-7-3-1-2-4-9(7)14-10-6-18(15,16)5-8(10)13-11(14)17/h1-4,8,10H,5-6H2,(H,13,17)/t8-,10-/m0/s1. The van der Waals surface area contributed by atoms with Crippen LogP contribution in [-0.2, 0) is 9.84 Å². The Morgan fingerprint density at radius 1 is 1.33 bits per heavy atom. The third kappa shape index (κ3) is 1.78. The van der Waals surface area contributed by atoms with Gasteiger partial charge in [0, 0.05) is 0 Å². The molecule has 3 rings (SSSR count). The van der Waals surface area contributed by atoms with Gasteiger partial charge in [-0.05, 0) is 24.4 Å². The zero-order valence-corrected chi connectivity index (χ0v) is 11.0. The lowest BCUT2D eigenvalue weighted by Crippen LogP contribution is -2.37. The van der Waals surface area contributed by atoms with Crippen LogP contribution in [0.15, 0.2) is 24.3 Å². The van der Waals surface area contributed by atoms with Crippen molar-refractivity contribution >= 4 is 32.9 Å². The van der Waals surface area contributed by atoms with Crippen molar-refractivity contribution in [3.05, 3.63) is 30.1 Å². The quantitative estimate of drug-likeness (QED) is 0.770. The lowest BCUT2D eigenvalue weighted by atomic mass is 10.1. The zero-order valence-electron chi connectivity index (χ0n) is 9.34. The molecule has 1 aromatic rings. The smallest absolute Gasteiger partial charge is 0.174 e. The molecule has 0 saturated carbocycles. The van der Waals surface area contributed by atoms with Crippen molar-refractivity contribution in [2.75, 3.05) is 16.4 Å². The highest BCUT2D eigenvalue weighted by Gasteiger charge is 2.48. The summed E-state index contributed by atoms with van der Waals surface area (Å²) in [5, 5.41) is 3.35. The fraction of sp³-hybridized carbons (Fsp3) is 0.364. The number of nitrogens with zero attached hydrogens (tertiary/aromatic N) is 1. The van der Waals surface area contributed by atoms with Crippen molar-refractivity contribution in [3.8, 4) is 0 Å². The van der Waals surface area contributed by atoms with E-state index < -0.39 is 15.7 Å². The Hall–Kier alpha value is -1.21. The van der Waals surface area contributed by atoms with E-state index in [0.717, 1.165) is 0 Å². The number of benzene rings is 1. The Bertz CT molecular complexity index is 617. The SMILES string of the molecule is O=S1(=O)C[C@@H]2NC(=S)N(c3ccccc3F)[C@H]2C1. The van der Waals surface area contributed by atoms with Crippen molar-refractivity contribution in [2.45, 2.75) is 12.1 Å². The summed E-state index contributed by atoms with van der Waals surface area (Å²) in [6, 6.07) is 5.71. The second-order valence-corrected chi connectivity index (χ2v) is 7.06. The second-order valence-electron chi connectivity index (χ2n) is 4.52. The predicted molar refractivity (Wildman–Crippen MR) is 70.8 cm³/mol. The number of rotatable bonds is 1. The minimum atomic E-state index is -3.07. The highest BCUT2D eigenvalue weighted by molar-refractivity contribution is 7.91. The average molecular weight is 286 g/mol. The van der Waals surface area contributed by atoms with Crippen LogP contribution in [0.25, 0.3) is 0 Å². The first-order valence-electron chi connectivity index (χ1n) is 5.53. The van der Waals surface area contributed by atoms with E-state index in [9.17, 15) is 12.8 Å². The molecule has 0 radical (unpaired) electrons. The molecule has 0 amide bonds. The molecule has 2 saturated heterocycles. The molecule has 0 spiro atoms. The molecule has 2 heterocycles. The Labute approximate surface area is 110 Å². The van der Waals surface area contributed by atoms with Gasteiger partial charge in [-0.25, -0.2) is 12.8 Å². The maximum absolute atomic E-state index is 13.8. The molecule has 96 valence electrons. The zero-order chi connectivity index (χ0) is 12.9. The molecule has 1 aromatic carbocycles. The summed E-state index contributed by atoms with van der Waals surface area (Å²) in [4.78, 5) is 1.58. The van der Waals surface area contributed by atoms with Crippen molar-refractivity contribution in [3.63, 3.8) is 0 Å². The van der Waals surface area contributed by atoms with Gasteiger partial charge in [-0.15, -0.1) is 0 Å². The first-order valence-corrected chi connectivity index (χ1v) is 7.75. The van der Waals surface area contributed by atoms with Gasteiger partial charge in [-0.3, -0.25) is 0 Å². The lowest BCUT2D eigenvalue weighted by molar-refractivity contribution is 0.600. The number of para-hydroxylation sites is 1. The number of anilines is 1. The van der Waals surface area contributed by atoms with Gasteiger partial charge in [0.1, 0.15) is 5.82 Å². The van der Waals surface area contributed by atoms with Gasteiger partial charge >= 0.3 is 0 Å². The molecule has 18 heavy (non-hydrogen) atoms. The van der Waals surface area contributed by atoms with Crippen LogP contribution in [0.5, 0.6) is 0 Å². The maximum Gasteiger partial charge on any atom is 0.174 e. The van der Waals surface area contributed by atoms with Crippen LogP contribution in [0.2, 0.25) is 0 Å². The minimum absolute atomic E-state index is 0.0130. The monoisotopic (exact) mass is 286 g/mol. The summed E-state index contributed by atoms with van der Waals surface area (Å²) < 4.78 is 37.0. The van der Waals surface area contributed by atoms with Gasteiger partial charge in [0.2, 0.25) is 0 Å². The maximum atomic E-state index is 13.8. The molecule has 1 N–H and O–H groups in total. The highest BCUT2D eigenvalue weighted by atomic mass is 32.2. The van der Waals surface area contributed by atoms with Crippen LogP contribution in [-0.4, -0.2) is 37.1 Å². The first kappa shape index (κ1) is 11.9. The summed E-state index contributed by atoms with van der Waals surface area (Å²) in [6.07, 6.45) is 0. The van der Waals surface area contributed by atoms with Crippen LogP contribution in [0, 0.1) is 5.82 Å². The topological polar surface area (TPSA) is 49.4 Å². The summed E-state index contributed by atoms with van der Waals surface area (Å²) in [5.74, 6) is -0.325. The fourth-order valence-corrected chi connectivity index (χ4v) is 4.81. The van der Waals surface area contributed by atoms with Crippen molar-refractivity contribution < 1.29 is 12.8 Å². The Morgan fingerprint density at radius 2 is 2.06 bits per heavy atom. The van der Waals surface area contributed by atoms with Gasteiger partial charge in [-0.2, -0.15) is 0 Å². The predicted octanol–water partition coefficient (Wildman–Crippen LogP) is 0.686. The third-order valence-electron chi connectivity index (χ3n) is 3.29. The summed E-state index contributed by atoms with van der Waals surface area (Å²) in [5.41, 5.74) is 0.333. The summed E-state index contributed by atoms with van der Waals surface area (Å²) in [6.45, 7) is 0. The normalized spacial score (nSPS) is 29.2. The average Bonchev–Trinajstić information content (AvgIpc) is 2.70. The van der Waals surface area contributed by atoms with Crippen LogP contribution in [0.4, 0.5) is 10.1 Å². The Morgan fingerprint density at radius 3 is 2.78 bits per heavy atom. The van der Waals surface area contributed by atoms with Crippen molar-refractivity contribution in [1.82, 2.24) is 5.32 Å². The van der Waals surface area contributed by atoms with Crippen LogP contribution in [0.3, 0.4) is 0 Å². The van der Waals surface area contributed by atoms with Gasteiger partial charge in [0.05, 0.1) is 29.3 Å². The minimum Gasteiger partial charge on any atom is -0.356 e. The van der Waals surface area contributed by atoms with Gasteiger partial charge in [-0.1, -0.05) is 12.1 Å². The number of fused-ring (bicyclic) bond motifs is 1. The fourth-order valence-electron chi connectivity index (χ4n) is 2.54. The summed E-state index contributed by atoms with van der Waals surface area (Å²) in [7, 11) is -3.07. The van der Waals surface area contributed by atoms with E-state index in [0.29, 0.717) is 10.8 Å². The highest BCUT2D eigenvalue weighted by Crippen LogP contribution is 2.30. The Balaban J connectivity index is 2.02. The second kappa shape index (κ2) is 3.89. The van der Waals surface area contributed by atoms with Gasteiger partial charge in [0.25, 0.3) is 0 Å². The molecule has 4 nitrogen and oxygen atoms in total. The van der Waals surface area contributed by atoms with E-state index >= 15 is 0 Å². The van der Waals surface area contributed by atoms with Crippen LogP contribution < -0.4 is 10.2 Å². The molecule has 2 aliphatic rings. The largest absolute Gasteiger partial charge is 0.356 e. The van der Waals surface area contributed by atoms with E-state index in [1.165, 1.54) is 6.07 Å². The van der Waals surface area contributed by atoms with E-state index in [2.05, 4.69) is 5.32 Å². The number of thiocarbonyl (C=S) groups is 1. The number of sulfone groups is 1. The van der Waals surface area contributed by atoms with E-state index in [4.69, 9.17) is 12.2 Å². The van der Waals surface area contributed by atoms with Gasteiger partial charge < -0.3 is 10.2 Å². The van der Waals surface area contributed by atoms with Crippen molar-refractivity contribution in [1.29, 1.82) is 0 Å².